The minimum Gasteiger partial charge on any atom is -0.486 e. The fourth-order valence-electron chi connectivity index (χ4n) is 1.22. The molecule has 0 unspecified atom stereocenters. The van der Waals surface area contributed by atoms with Gasteiger partial charge in [-0.15, -0.1) is 0 Å². The smallest absolute Gasteiger partial charge is 0.175 e. The molecule has 1 rings (SSSR count). The van der Waals surface area contributed by atoms with Crippen LogP contribution in [-0.2, 0) is 4.79 Å². The number of ether oxygens (including phenoxy) is 1. The molecule has 2 heteroatoms. The summed E-state index contributed by atoms with van der Waals surface area (Å²) in [5.41, 5.74) is 1.87. The number of rotatable bonds is 3. The lowest BCUT2D eigenvalue weighted by Crippen LogP contribution is -2.26. The summed E-state index contributed by atoms with van der Waals surface area (Å²) in [7, 11) is 0. The van der Waals surface area contributed by atoms with E-state index < -0.39 is 0 Å². The minimum absolute atomic E-state index is 0.119. The summed E-state index contributed by atoms with van der Waals surface area (Å²) < 4.78 is 5.56. The van der Waals surface area contributed by atoms with E-state index in [0.29, 0.717) is 0 Å². The first kappa shape index (κ1) is 12.8. The van der Waals surface area contributed by atoms with Gasteiger partial charge < -0.3 is 4.74 Å². The Labute approximate surface area is 97.6 Å². The molecule has 0 spiro atoms. The lowest BCUT2D eigenvalue weighted by Gasteiger charge is -2.17. The van der Waals surface area contributed by atoms with Crippen LogP contribution in [0.3, 0.4) is 0 Å². The first-order chi connectivity index (χ1) is 7.30. The molecule has 0 fully saturated rings. The Balaban J connectivity index is 2.68. The third-order valence-electron chi connectivity index (χ3n) is 2.54. The summed E-state index contributed by atoms with van der Waals surface area (Å²) in [4.78, 5) is 11.7. The fraction of sp³-hybridized carbons (Fsp3) is 0.500. The van der Waals surface area contributed by atoms with Crippen LogP contribution in [0.1, 0.15) is 31.9 Å². The molecule has 88 valence electrons. The third-order valence-corrected chi connectivity index (χ3v) is 2.54. The third kappa shape index (κ3) is 3.37. The molecule has 0 bridgehead atoms. The molecule has 0 amide bonds. The van der Waals surface area contributed by atoms with Crippen molar-refractivity contribution >= 4 is 5.78 Å². The summed E-state index contributed by atoms with van der Waals surface area (Å²) in [5, 5.41) is 0. The number of carbonyl (C=O) groups excluding carboxylic acids is 1. The SMILES string of the molecule is Cc1ccc(C)c(OCC(=O)C(C)(C)C)c1. The molecule has 0 atom stereocenters. The van der Waals surface area contributed by atoms with Gasteiger partial charge in [0.05, 0.1) is 0 Å². The van der Waals surface area contributed by atoms with E-state index >= 15 is 0 Å². The number of Topliss-reactive ketones (excluding diaryl/α,β-unsaturated/α-hetero) is 1. The van der Waals surface area contributed by atoms with Gasteiger partial charge in [-0.05, 0) is 31.0 Å². The molecule has 0 aliphatic rings. The topological polar surface area (TPSA) is 26.3 Å². The summed E-state index contributed by atoms with van der Waals surface area (Å²) in [6.45, 7) is 9.85. The van der Waals surface area contributed by atoms with Crippen molar-refractivity contribution in [2.45, 2.75) is 34.6 Å². The molecular formula is C14H20O2. The zero-order valence-electron chi connectivity index (χ0n) is 10.8. The Kier molecular flexibility index (Phi) is 3.74. The quantitative estimate of drug-likeness (QED) is 0.781. The summed E-state index contributed by atoms with van der Waals surface area (Å²) in [6.07, 6.45) is 0. The van der Waals surface area contributed by atoms with E-state index in [9.17, 15) is 4.79 Å². The number of aryl methyl sites for hydroxylation is 2. The number of benzene rings is 1. The number of ketones is 1. The van der Waals surface area contributed by atoms with Gasteiger partial charge in [0.15, 0.2) is 5.78 Å². The van der Waals surface area contributed by atoms with E-state index in [2.05, 4.69) is 0 Å². The Hall–Kier alpha value is -1.31. The van der Waals surface area contributed by atoms with Crippen molar-refractivity contribution < 1.29 is 9.53 Å². The minimum atomic E-state index is -0.336. The maximum absolute atomic E-state index is 11.7. The van der Waals surface area contributed by atoms with E-state index in [1.165, 1.54) is 0 Å². The van der Waals surface area contributed by atoms with Crippen molar-refractivity contribution in [1.82, 2.24) is 0 Å². The first-order valence-electron chi connectivity index (χ1n) is 5.54. The number of hydrogen-bond acceptors (Lipinski definition) is 2. The van der Waals surface area contributed by atoms with Gasteiger partial charge in [-0.3, -0.25) is 4.79 Å². The van der Waals surface area contributed by atoms with Crippen LogP contribution in [0.4, 0.5) is 0 Å². The van der Waals surface area contributed by atoms with E-state index in [4.69, 9.17) is 4.74 Å². The lowest BCUT2D eigenvalue weighted by atomic mass is 9.91. The monoisotopic (exact) mass is 220 g/mol. The number of carbonyl (C=O) groups is 1. The van der Waals surface area contributed by atoms with Gasteiger partial charge >= 0.3 is 0 Å². The Morgan fingerprint density at radius 1 is 1.25 bits per heavy atom. The van der Waals surface area contributed by atoms with Crippen molar-refractivity contribution in [2.24, 2.45) is 5.41 Å². The summed E-state index contributed by atoms with van der Waals surface area (Å²) >= 11 is 0. The normalized spacial score (nSPS) is 11.3. The van der Waals surface area contributed by atoms with Crippen molar-refractivity contribution in [3.05, 3.63) is 29.3 Å². The van der Waals surface area contributed by atoms with Gasteiger partial charge in [0, 0.05) is 5.41 Å². The molecule has 0 N–H and O–H groups in total. The highest BCUT2D eigenvalue weighted by Crippen LogP contribution is 2.21. The fourth-order valence-corrected chi connectivity index (χ4v) is 1.22. The van der Waals surface area contributed by atoms with Gasteiger partial charge in [0.1, 0.15) is 12.4 Å². The van der Waals surface area contributed by atoms with Crippen molar-refractivity contribution in [3.8, 4) is 5.75 Å². The van der Waals surface area contributed by atoms with Gasteiger partial charge in [-0.2, -0.15) is 0 Å². The largest absolute Gasteiger partial charge is 0.486 e. The van der Waals surface area contributed by atoms with Gasteiger partial charge in [-0.25, -0.2) is 0 Å². The van der Waals surface area contributed by atoms with Crippen LogP contribution in [0.15, 0.2) is 18.2 Å². The zero-order valence-corrected chi connectivity index (χ0v) is 10.8. The summed E-state index contributed by atoms with van der Waals surface area (Å²) in [5.74, 6) is 0.922. The van der Waals surface area contributed by atoms with E-state index in [1.807, 2.05) is 52.8 Å². The van der Waals surface area contributed by atoms with E-state index in [1.54, 1.807) is 0 Å². The van der Waals surface area contributed by atoms with E-state index in [-0.39, 0.29) is 17.8 Å². The highest BCUT2D eigenvalue weighted by atomic mass is 16.5. The Bertz CT molecular complexity index is 386. The molecule has 0 heterocycles. The molecule has 2 nitrogen and oxygen atoms in total. The van der Waals surface area contributed by atoms with Crippen LogP contribution >= 0.6 is 0 Å². The highest BCUT2D eigenvalue weighted by Gasteiger charge is 2.21. The average Bonchev–Trinajstić information content (AvgIpc) is 2.17. The van der Waals surface area contributed by atoms with Crippen molar-refractivity contribution in [3.63, 3.8) is 0 Å². The van der Waals surface area contributed by atoms with E-state index in [0.717, 1.165) is 16.9 Å². The van der Waals surface area contributed by atoms with Crippen molar-refractivity contribution in [1.29, 1.82) is 0 Å². The lowest BCUT2D eigenvalue weighted by molar-refractivity contribution is -0.128. The molecule has 0 radical (unpaired) electrons. The van der Waals surface area contributed by atoms with Crippen molar-refractivity contribution in [2.75, 3.05) is 6.61 Å². The maximum atomic E-state index is 11.7. The second kappa shape index (κ2) is 4.69. The molecule has 0 aliphatic heterocycles. The molecule has 16 heavy (non-hydrogen) atoms. The van der Waals surface area contributed by atoms with Gasteiger partial charge in [0.25, 0.3) is 0 Å². The molecule has 1 aromatic rings. The molecular weight excluding hydrogens is 200 g/mol. The molecule has 0 aliphatic carbocycles. The van der Waals surface area contributed by atoms with Gasteiger partial charge in [0.2, 0.25) is 0 Å². The van der Waals surface area contributed by atoms with Crippen LogP contribution in [0.25, 0.3) is 0 Å². The zero-order chi connectivity index (χ0) is 12.3. The molecule has 1 aromatic carbocycles. The maximum Gasteiger partial charge on any atom is 0.175 e. The second-order valence-corrected chi connectivity index (χ2v) is 5.23. The highest BCUT2D eigenvalue weighted by molar-refractivity contribution is 5.85. The Morgan fingerprint density at radius 3 is 2.44 bits per heavy atom. The van der Waals surface area contributed by atoms with Crippen LogP contribution in [0.5, 0.6) is 5.75 Å². The van der Waals surface area contributed by atoms with Crippen LogP contribution in [0.2, 0.25) is 0 Å². The standard InChI is InChI=1S/C14H20O2/c1-10-6-7-11(2)12(8-10)16-9-13(15)14(3,4)5/h6-8H,9H2,1-5H3. The molecule has 0 saturated heterocycles. The molecule has 0 aromatic heterocycles. The van der Waals surface area contributed by atoms with Crippen LogP contribution in [0, 0.1) is 19.3 Å². The molecule has 0 saturated carbocycles. The Morgan fingerprint density at radius 2 is 1.88 bits per heavy atom. The first-order valence-corrected chi connectivity index (χ1v) is 5.54. The predicted molar refractivity (Wildman–Crippen MR) is 65.9 cm³/mol. The van der Waals surface area contributed by atoms with Gasteiger partial charge in [-0.1, -0.05) is 32.9 Å². The summed E-state index contributed by atoms with van der Waals surface area (Å²) in [6, 6.07) is 6.01. The second-order valence-electron chi connectivity index (χ2n) is 5.23. The van der Waals surface area contributed by atoms with Crippen LogP contribution in [-0.4, -0.2) is 12.4 Å². The van der Waals surface area contributed by atoms with Crippen LogP contribution < -0.4 is 4.74 Å². The predicted octanol–water partition coefficient (Wildman–Crippen LogP) is 3.30. The average molecular weight is 220 g/mol. The number of hydrogen-bond donors (Lipinski definition) is 0.